The highest BCUT2D eigenvalue weighted by Crippen LogP contribution is 2.38. The number of nitrogens with zero attached hydrogens (tertiary/aromatic N) is 2. The second-order valence-corrected chi connectivity index (χ2v) is 9.52. The van der Waals surface area contributed by atoms with Crippen LogP contribution in [0.5, 0.6) is 0 Å². The molecule has 0 spiro atoms. The van der Waals surface area contributed by atoms with Crippen molar-refractivity contribution in [3.63, 3.8) is 0 Å². The third-order valence-corrected chi connectivity index (χ3v) is 6.40. The van der Waals surface area contributed by atoms with Crippen molar-refractivity contribution < 1.29 is 9.47 Å². The van der Waals surface area contributed by atoms with E-state index in [9.17, 15) is 0 Å². The summed E-state index contributed by atoms with van der Waals surface area (Å²) in [7, 11) is 0. The van der Waals surface area contributed by atoms with Gasteiger partial charge in [-0.2, -0.15) is 0 Å². The summed E-state index contributed by atoms with van der Waals surface area (Å²) in [5.41, 5.74) is 1.92. The fourth-order valence-electron chi connectivity index (χ4n) is 4.33. The van der Waals surface area contributed by atoms with Gasteiger partial charge in [0.05, 0.1) is 12.1 Å². The molecule has 0 saturated heterocycles. The standard InChI is InChI=1S/C27H34N2O2/c1-19(2)23-17-30-25(28-23)27(15-21-11-7-5-8-12-21,16-22-13-9-6-10-14-22)26-29-24(18-31-26)20(3)4/h5-14,19-20,23-24H,15-18H2,1-4H3. The minimum absolute atomic E-state index is 0.170. The Kier molecular flexibility index (Phi) is 6.45. The molecule has 2 atom stereocenters. The smallest absolute Gasteiger partial charge is 0.200 e. The van der Waals surface area contributed by atoms with Gasteiger partial charge < -0.3 is 9.47 Å². The lowest BCUT2D eigenvalue weighted by Gasteiger charge is -2.32. The highest BCUT2D eigenvalue weighted by molar-refractivity contribution is 6.07. The second kappa shape index (κ2) is 9.25. The molecule has 0 amide bonds. The van der Waals surface area contributed by atoms with Gasteiger partial charge in [-0.25, -0.2) is 9.98 Å². The third-order valence-electron chi connectivity index (χ3n) is 6.40. The van der Waals surface area contributed by atoms with E-state index in [1.807, 2.05) is 0 Å². The van der Waals surface area contributed by atoms with Gasteiger partial charge in [0.1, 0.15) is 18.6 Å². The molecule has 2 heterocycles. The monoisotopic (exact) mass is 418 g/mol. The summed E-state index contributed by atoms with van der Waals surface area (Å²) in [6.45, 7) is 10.1. The van der Waals surface area contributed by atoms with Crippen LogP contribution >= 0.6 is 0 Å². The molecule has 2 aliphatic heterocycles. The fraction of sp³-hybridized carbons (Fsp3) is 0.481. The van der Waals surface area contributed by atoms with E-state index in [1.165, 1.54) is 11.1 Å². The Morgan fingerprint density at radius 3 is 1.42 bits per heavy atom. The van der Waals surface area contributed by atoms with Gasteiger partial charge in [0.15, 0.2) is 11.8 Å². The van der Waals surface area contributed by atoms with E-state index in [2.05, 4.69) is 88.4 Å². The van der Waals surface area contributed by atoms with Crippen molar-refractivity contribution in [1.29, 1.82) is 0 Å². The summed E-state index contributed by atoms with van der Waals surface area (Å²) < 4.78 is 12.7. The zero-order chi connectivity index (χ0) is 21.8. The van der Waals surface area contributed by atoms with Gasteiger partial charge in [0.2, 0.25) is 0 Å². The van der Waals surface area contributed by atoms with Crippen LogP contribution in [0.4, 0.5) is 0 Å². The Bertz CT molecular complexity index is 841. The zero-order valence-corrected chi connectivity index (χ0v) is 19.1. The minimum Gasteiger partial charge on any atom is -0.478 e. The molecule has 4 rings (SSSR count). The molecule has 0 N–H and O–H groups in total. The lowest BCUT2D eigenvalue weighted by molar-refractivity contribution is 0.237. The Balaban J connectivity index is 1.83. The van der Waals surface area contributed by atoms with E-state index in [0.717, 1.165) is 24.6 Å². The summed E-state index contributed by atoms with van der Waals surface area (Å²) in [4.78, 5) is 10.2. The molecule has 164 valence electrons. The van der Waals surface area contributed by atoms with Crippen molar-refractivity contribution in [1.82, 2.24) is 0 Å². The topological polar surface area (TPSA) is 43.2 Å². The minimum atomic E-state index is -0.546. The van der Waals surface area contributed by atoms with E-state index in [1.54, 1.807) is 0 Å². The van der Waals surface area contributed by atoms with Crippen molar-refractivity contribution in [2.75, 3.05) is 13.2 Å². The summed E-state index contributed by atoms with van der Waals surface area (Å²) >= 11 is 0. The van der Waals surface area contributed by atoms with Gasteiger partial charge in [0, 0.05) is 0 Å². The van der Waals surface area contributed by atoms with E-state index in [-0.39, 0.29) is 12.1 Å². The van der Waals surface area contributed by atoms with Gasteiger partial charge in [-0.3, -0.25) is 0 Å². The van der Waals surface area contributed by atoms with Crippen molar-refractivity contribution in [2.45, 2.75) is 52.6 Å². The van der Waals surface area contributed by atoms with E-state index >= 15 is 0 Å². The number of ether oxygens (including phenoxy) is 2. The molecule has 2 unspecified atom stereocenters. The van der Waals surface area contributed by atoms with Gasteiger partial charge in [-0.15, -0.1) is 0 Å². The van der Waals surface area contributed by atoms with Gasteiger partial charge >= 0.3 is 0 Å². The molecule has 0 aromatic heterocycles. The highest BCUT2D eigenvalue weighted by atomic mass is 16.5. The van der Waals surface area contributed by atoms with Gasteiger partial charge in [0.25, 0.3) is 0 Å². The largest absolute Gasteiger partial charge is 0.478 e. The number of hydrogen-bond acceptors (Lipinski definition) is 4. The third kappa shape index (κ3) is 4.68. The predicted molar refractivity (Wildman–Crippen MR) is 127 cm³/mol. The van der Waals surface area contributed by atoms with E-state index in [0.29, 0.717) is 25.0 Å². The SMILES string of the molecule is CC(C)C1COC(C(Cc2ccccc2)(Cc2ccccc2)C2=NC(C(C)C)CO2)=N1. The average molecular weight is 419 g/mol. The fourth-order valence-corrected chi connectivity index (χ4v) is 4.33. The first-order valence-corrected chi connectivity index (χ1v) is 11.5. The molecule has 0 saturated carbocycles. The maximum absolute atomic E-state index is 6.33. The molecule has 2 aromatic rings. The molecule has 4 heteroatoms. The lowest BCUT2D eigenvalue weighted by atomic mass is 9.75. The molecule has 2 aromatic carbocycles. The van der Waals surface area contributed by atoms with Crippen LogP contribution in [-0.4, -0.2) is 37.1 Å². The van der Waals surface area contributed by atoms with Crippen molar-refractivity contribution in [3.8, 4) is 0 Å². The molecular weight excluding hydrogens is 384 g/mol. The molecule has 0 fully saturated rings. The first-order chi connectivity index (χ1) is 15.0. The van der Waals surface area contributed by atoms with E-state index in [4.69, 9.17) is 19.5 Å². The summed E-state index contributed by atoms with van der Waals surface area (Å²) in [5, 5.41) is 0. The highest BCUT2D eigenvalue weighted by Gasteiger charge is 2.49. The Morgan fingerprint density at radius 1 is 0.710 bits per heavy atom. The second-order valence-electron chi connectivity index (χ2n) is 9.52. The van der Waals surface area contributed by atoms with Crippen molar-refractivity contribution in [2.24, 2.45) is 27.2 Å². The Labute approximate surface area is 186 Å². The Morgan fingerprint density at radius 2 is 1.10 bits per heavy atom. The predicted octanol–water partition coefficient (Wildman–Crippen LogP) is 5.36. The quantitative estimate of drug-likeness (QED) is 0.579. The maximum atomic E-state index is 6.33. The number of hydrogen-bond donors (Lipinski definition) is 0. The normalized spacial score (nSPS) is 21.1. The van der Waals surface area contributed by atoms with Crippen LogP contribution in [-0.2, 0) is 22.3 Å². The molecule has 0 radical (unpaired) electrons. The van der Waals surface area contributed by atoms with Gasteiger partial charge in [-0.1, -0.05) is 88.4 Å². The number of aliphatic imine (C=N–C) groups is 2. The van der Waals surface area contributed by atoms with Gasteiger partial charge in [-0.05, 0) is 35.8 Å². The maximum Gasteiger partial charge on any atom is 0.200 e. The molecule has 2 aliphatic rings. The average Bonchev–Trinajstić information content (AvgIpc) is 3.46. The van der Waals surface area contributed by atoms with Crippen LogP contribution in [0.2, 0.25) is 0 Å². The van der Waals surface area contributed by atoms with E-state index < -0.39 is 5.41 Å². The first kappa shape index (κ1) is 21.6. The summed E-state index contributed by atoms with van der Waals surface area (Å²) in [5.74, 6) is 2.42. The summed E-state index contributed by atoms with van der Waals surface area (Å²) in [6.07, 6.45) is 1.49. The molecule has 0 bridgehead atoms. The number of rotatable bonds is 8. The zero-order valence-electron chi connectivity index (χ0n) is 19.1. The molecule has 31 heavy (non-hydrogen) atoms. The molecule has 0 aliphatic carbocycles. The van der Waals surface area contributed by atoms with Crippen molar-refractivity contribution >= 4 is 11.8 Å². The van der Waals surface area contributed by atoms with Crippen LogP contribution < -0.4 is 0 Å². The first-order valence-electron chi connectivity index (χ1n) is 11.5. The molecule has 4 nitrogen and oxygen atoms in total. The van der Waals surface area contributed by atoms with Crippen LogP contribution in [0.15, 0.2) is 70.6 Å². The molecular formula is C27H34N2O2. The van der Waals surface area contributed by atoms with Crippen molar-refractivity contribution in [3.05, 3.63) is 71.8 Å². The van der Waals surface area contributed by atoms with Crippen LogP contribution in [0.25, 0.3) is 0 Å². The number of benzene rings is 2. The Hall–Kier alpha value is -2.62. The summed E-state index contributed by atoms with van der Waals surface area (Å²) in [6, 6.07) is 21.5. The van der Waals surface area contributed by atoms with Crippen LogP contribution in [0.3, 0.4) is 0 Å². The van der Waals surface area contributed by atoms with Crippen LogP contribution in [0, 0.1) is 17.3 Å². The lowest BCUT2D eigenvalue weighted by Crippen LogP contribution is -2.44. The van der Waals surface area contributed by atoms with Crippen LogP contribution in [0.1, 0.15) is 38.8 Å².